The van der Waals surface area contributed by atoms with Crippen molar-refractivity contribution in [3.63, 3.8) is 0 Å². The number of amides is 1. The molecule has 4 nitrogen and oxygen atoms in total. The first-order chi connectivity index (χ1) is 10.8. The SMILES string of the molecule is CCc1nc(CN2CCNC(=O)CC2c2ccccc2)cs1. The molecule has 1 atom stereocenters. The molecule has 1 fully saturated rings. The lowest BCUT2D eigenvalue weighted by Crippen LogP contribution is -2.30. The Morgan fingerprint density at radius 3 is 2.91 bits per heavy atom. The summed E-state index contributed by atoms with van der Waals surface area (Å²) >= 11 is 1.72. The van der Waals surface area contributed by atoms with Crippen LogP contribution in [0.25, 0.3) is 0 Å². The van der Waals surface area contributed by atoms with Crippen LogP contribution in [0.4, 0.5) is 0 Å². The fraction of sp³-hybridized carbons (Fsp3) is 0.412. The highest BCUT2D eigenvalue weighted by Crippen LogP contribution is 2.27. The topological polar surface area (TPSA) is 45.2 Å². The molecule has 0 bridgehead atoms. The van der Waals surface area contributed by atoms with Gasteiger partial charge in [-0.05, 0) is 12.0 Å². The second-order valence-corrected chi connectivity index (χ2v) is 6.48. The number of nitrogens with one attached hydrogen (secondary N) is 1. The molecule has 2 aromatic rings. The highest BCUT2D eigenvalue weighted by atomic mass is 32.1. The van der Waals surface area contributed by atoms with Crippen LogP contribution in [0.5, 0.6) is 0 Å². The number of rotatable bonds is 4. The minimum atomic E-state index is 0.121. The van der Waals surface area contributed by atoms with Crippen molar-refractivity contribution in [2.75, 3.05) is 13.1 Å². The molecule has 0 spiro atoms. The van der Waals surface area contributed by atoms with E-state index in [0.29, 0.717) is 13.0 Å². The van der Waals surface area contributed by atoms with Crippen LogP contribution in [0.2, 0.25) is 0 Å². The van der Waals surface area contributed by atoms with Gasteiger partial charge in [0.2, 0.25) is 5.91 Å². The minimum absolute atomic E-state index is 0.121. The van der Waals surface area contributed by atoms with Gasteiger partial charge in [0.25, 0.3) is 0 Å². The molecular formula is C17H21N3OS. The number of carbonyl (C=O) groups excluding carboxylic acids is 1. The van der Waals surface area contributed by atoms with Gasteiger partial charge in [-0.25, -0.2) is 4.98 Å². The number of nitrogens with zero attached hydrogens (tertiary/aromatic N) is 2. The van der Waals surface area contributed by atoms with Gasteiger partial charge >= 0.3 is 0 Å². The Balaban J connectivity index is 1.83. The van der Waals surface area contributed by atoms with Crippen molar-refractivity contribution < 1.29 is 4.79 Å². The normalized spacial score (nSPS) is 19.7. The number of hydrogen-bond acceptors (Lipinski definition) is 4. The molecule has 116 valence electrons. The number of aryl methyl sites for hydroxylation is 1. The van der Waals surface area contributed by atoms with Gasteiger partial charge in [0.05, 0.1) is 10.7 Å². The zero-order valence-corrected chi connectivity index (χ0v) is 13.6. The highest BCUT2D eigenvalue weighted by molar-refractivity contribution is 7.09. The maximum Gasteiger partial charge on any atom is 0.221 e. The third-order valence-electron chi connectivity index (χ3n) is 3.99. The second kappa shape index (κ2) is 7.03. The Hall–Kier alpha value is -1.72. The average Bonchev–Trinajstić information content (AvgIpc) is 2.92. The summed E-state index contributed by atoms with van der Waals surface area (Å²) in [6, 6.07) is 10.4. The summed E-state index contributed by atoms with van der Waals surface area (Å²) in [5.41, 5.74) is 2.31. The van der Waals surface area contributed by atoms with E-state index in [9.17, 15) is 4.79 Å². The molecule has 1 saturated heterocycles. The molecule has 1 unspecified atom stereocenters. The van der Waals surface area contributed by atoms with E-state index < -0.39 is 0 Å². The van der Waals surface area contributed by atoms with Gasteiger partial charge in [-0.2, -0.15) is 0 Å². The second-order valence-electron chi connectivity index (χ2n) is 5.54. The maximum atomic E-state index is 12.0. The number of hydrogen-bond donors (Lipinski definition) is 1. The van der Waals surface area contributed by atoms with E-state index >= 15 is 0 Å². The molecule has 0 saturated carbocycles. The minimum Gasteiger partial charge on any atom is -0.355 e. The van der Waals surface area contributed by atoms with E-state index in [1.807, 2.05) is 18.2 Å². The highest BCUT2D eigenvalue weighted by Gasteiger charge is 2.26. The van der Waals surface area contributed by atoms with Crippen molar-refractivity contribution in [3.05, 3.63) is 52.0 Å². The lowest BCUT2D eigenvalue weighted by Gasteiger charge is -2.28. The molecule has 1 aromatic heterocycles. The van der Waals surface area contributed by atoms with Crippen LogP contribution in [0.15, 0.2) is 35.7 Å². The Morgan fingerprint density at radius 1 is 1.36 bits per heavy atom. The van der Waals surface area contributed by atoms with Crippen molar-refractivity contribution in [2.45, 2.75) is 32.4 Å². The number of aromatic nitrogens is 1. The summed E-state index contributed by atoms with van der Waals surface area (Å²) < 4.78 is 0. The smallest absolute Gasteiger partial charge is 0.221 e. The standard InChI is InChI=1S/C17H21N3OS/c1-2-17-19-14(12-22-17)11-20-9-8-18-16(21)10-15(20)13-6-4-3-5-7-13/h3-7,12,15H,2,8-11H2,1H3,(H,18,21). The first-order valence-corrected chi connectivity index (χ1v) is 8.63. The van der Waals surface area contributed by atoms with E-state index in [1.54, 1.807) is 11.3 Å². The Morgan fingerprint density at radius 2 is 2.18 bits per heavy atom. The first-order valence-electron chi connectivity index (χ1n) is 7.75. The Kier molecular flexibility index (Phi) is 4.85. The largest absolute Gasteiger partial charge is 0.355 e. The summed E-state index contributed by atoms with van der Waals surface area (Å²) in [6.45, 7) is 4.48. The van der Waals surface area contributed by atoms with Crippen molar-refractivity contribution in [2.24, 2.45) is 0 Å². The van der Waals surface area contributed by atoms with Crippen LogP contribution in [-0.4, -0.2) is 28.9 Å². The third-order valence-corrected chi connectivity index (χ3v) is 5.03. The first kappa shape index (κ1) is 15.2. The summed E-state index contributed by atoms with van der Waals surface area (Å²) in [4.78, 5) is 19.0. The summed E-state index contributed by atoms with van der Waals surface area (Å²) in [5, 5.41) is 6.29. The van der Waals surface area contributed by atoms with E-state index in [2.05, 4.69) is 39.6 Å². The molecule has 1 amide bonds. The number of carbonyl (C=O) groups is 1. The van der Waals surface area contributed by atoms with E-state index in [1.165, 1.54) is 10.6 Å². The molecule has 1 aromatic carbocycles. The van der Waals surface area contributed by atoms with Crippen LogP contribution in [0.1, 0.15) is 35.7 Å². The van der Waals surface area contributed by atoms with Crippen LogP contribution >= 0.6 is 11.3 Å². The maximum absolute atomic E-state index is 12.0. The van der Waals surface area contributed by atoms with E-state index in [0.717, 1.165) is 25.2 Å². The predicted octanol–water partition coefficient (Wildman–Crippen LogP) is 2.77. The van der Waals surface area contributed by atoms with Crippen molar-refractivity contribution in [3.8, 4) is 0 Å². The lowest BCUT2D eigenvalue weighted by molar-refractivity contribution is -0.121. The van der Waals surface area contributed by atoms with Crippen molar-refractivity contribution in [1.29, 1.82) is 0 Å². The van der Waals surface area contributed by atoms with Crippen LogP contribution in [0.3, 0.4) is 0 Å². The molecule has 22 heavy (non-hydrogen) atoms. The zero-order valence-electron chi connectivity index (χ0n) is 12.8. The number of thiazole rings is 1. The molecule has 0 aliphatic carbocycles. The van der Waals surface area contributed by atoms with Gasteiger partial charge in [-0.1, -0.05) is 37.3 Å². The van der Waals surface area contributed by atoms with Crippen LogP contribution in [0, 0.1) is 0 Å². The molecule has 2 heterocycles. The van der Waals surface area contributed by atoms with Crippen molar-refractivity contribution in [1.82, 2.24) is 15.2 Å². The fourth-order valence-corrected chi connectivity index (χ4v) is 3.59. The predicted molar refractivity (Wildman–Crippen MR) is 88.7 cm³/mol. The van der Waals surface area contributed by atoms with Gasteiger partial charge in [0.1, 0.15) is 0 Å². The molecule has 1 N–H and O–H groups in total. The van der Waals surface area contributed by atoms with Gasteiger partial charge in [-0.15, -0.1) is 11.3 Å². The number of benzene rings is 1. The van der Waals surface area contributed by atoms with Crippen LogP contribution < -0.4 is 5.32 Å². The van der Waals surface area contributed by atoms with Gasteiger partial charge in [0, 0.05) is 37.5 Å². The van der Waals surface area contributed by atoms with Gasteiger partial charge in [-0.3, -0.25) is 9.69 Å². The summed E-state index contributed by atoms with van der Waals surface area (Å²) in [6.07, 6.45) is 1.49. The summed E-state index contributed by atoms with van der Waals surface area (Å²) in [7, 11) is 0. The quantitative estimate of drug-likeness (QED) is 0.943. The Labute approximate surface area is 135 Å². The fourth-order valence-electron chi connectivity index (χ4n) is 2.86. The van der Waals surface area contributed by atoms with E-state index in [4.69, 9.17) is 0 Å². The molecule has 3 rings (SSSR count). The third kappa shape index (κ3) is 3.54. The van der Waals surface area contributed by atoms with Gasteiger partial charge in [0.15, 0.2) is 0 Å². The lowest BCUT2D eigenvalue weighted by atomic mass is 10.0. The average molecular weight is 315 g/mol. The molecule has 1 aliphatic rings. The molecule has 0 radical (unpaired) electrons. The zero-order chi connectivity index (χ0) is 15.4. The molecule has 1 aliphatic heterocycles. The molecular weight excluding hydrogens is 294 g/mol. The Bertz CT molecular complexity index is 626. The monoisotopic (exact) mass is 315 g/mol. The summed E-state index contributed by atoms with van der Waals surface area (Å²) in [5.74, 6) is 0.129. The van der Waals surface area contributed by atoms with E-state index in [-0.39, 0.29) is 11.9 Å². The van der Waals surface area contributed by atoms with Crippen LogP contribution in [-0.2, 0) is 17.8 Å². The van der Waals surface area contributed by atoms with Crippen molar-refractivity contribution >= 4 is 17.2 Å². The molecule has 5 heteroatoms. The van der Waals surface area contributed by atoms with Gasteiger partial charge < -0.3 is 5.32 Å².